The van der Waals surface area contributed by atoms with E-state index < -0.39 is 0 Å². The maximum Gasteiger partial charge on any atom is 0.123 e. The Labute approximate surface area is 129 Å². The zero-order valence-electron chi connectivity index (χ0n) is 11.9. The molecule has 2 aromatic rings. The van der Waals surface area contributed by atoms with Gasteiger partial charge in [0.25, 0.3) is 0 Å². The van der Waals surface area contributed by atoms with Crippen LogP contribution < -0.4 is 10.2 Å². The Morgan fingerprint density at radius 2 is 1.90 bits per heavy atom. The van der Waals surface area contributed by atoms with Crippen molar-refractivity contribution in [3.05, 3.63) is 58.9 Å². The number of benzene rings is 2. The van der Waals surface area contributed by atoms with Crippen LogP contribution in [0.4, 0.5) is 15.8 Å². The zero-order valence-corrected chi connectivity index (χ0v) is 12.7. The van der Waals surface area contributed by atoms with Crippen molar-refractivity contribution in [1.82, 2.24) is 5.32 Å². The predicted octanol–water partition coefficient (Wildman–Crippen LogP) is 4.50. The minimum Gasteiger partial charge on any atom is -0.343 e. The normalized spacial score (nSPS) is 14.2. The highest BCUT2D eigenvalue weighted by Crippen LogP contribution is 2.31. The van der Waals surface area contributed by atoms with Crippen molar-refractivity contribution < 1.29 is 4.39 Å². The quantitative estimate of drug-likeness (QED) is 0.875. The van der Waals surface area contributed by atoms with Gasteiger partial charge in [0.05, 0.1) is 10.7 Å². The average molecular weight is 305 g/mol. The molecule has 1 aliphatic rings. The molecule has 1 N–H and O–H groups in total. The van der Waals surface area contributed by atoms with E-state index in [0.29, 0.717) is 11.1 Å². The van der Waals surface area contributed by atoms with E-state index in [1.54, 1.807) is 12.1 Å². The van der Waals surface area contributed by atoms with E-state index in [1.807, 2.05) is 24.1 Å². The molecule has 0 spiro atoms. The second-order valence-electron chi connectivity index (χ2n) is 5.48. The molecule has 0 atom stereocenters. The van der Waals surface area contributed by atoms with Gasteiger partial charge in [-0.05, 0) is 54.8 Å². The van der Waals surface area contributed by atoms with Crippen molar-refractivity contribution in [3.8, 4) is 0 Å². The number of halogens is 2. The van der Waals surface area contributed by atoms with E-state index in [1.165, 1.54) is 30.5 Å². The Morgan fingerprint density at radius 1 is 1.19 bits per heavy atom. The molecule has 0 heterocycles. The van der Waals surface area contributed by atoms with Gasteiger partial charge in [0.2, 0.25) is 0 Å². The Hall–Kier alpha value is -1.58. The Kier molecular flexibility index (Phi) is 4.13. The van der Waals surface area contributed by atoms with Gasteiger partial charge in [-0.3, -0.25) is 0 Å². The van der Waals surface area contributed by atoms with Gasteiger partial charge in [-0.15, -0.1) is 0 Å². The molecule has 0 aromatic heterocycles. The standard InChI is InChI=1S/C17H18ClFN2/c1-21(15-7-3-13(19)4-8-15)17-9-2-12(10-16(17)18)11-20-14-5-6-14/h2-4,7-10,14,20H,5-6,11H2,1H3. The van der Waals surface area contributed by atoms with E-state index >= 15 is 0 Å². The molecule has 2 aromatic carbocycles. The SMILES string of the molecule is CN(c1ccc(F)cc1)c1ccc(CNC2CC2)cc1Cl. The highest BCUT2D eigenvalue weighted by molar-refractivity contribution is 6.33. The molecule has 1 fully saturated rings. The first-order valence-electron chi connectivity index (χ1n) is 7.14. The maximum absolute atomic E-state index is 13.0. The topological polar surface area (TPSA) is 15.3 Å². The number of rotatable bonds is 5. The molecule has 2 nitrogen and oxygen atoms in total. The van der Waals surface area contributed by atoms with Crippen LogP contribution in [0.2, 0.25) is 5.02 Å². The molecule has 4 heteroatoms. The van der Waals surface area contributed by atoms with Gasteiger partial charge < -0.3 is 10.2 Å². The van der Waals surface area contributed by atoms with Crippen LogP contribution >= 0.6 is 11.6 Å². The van der Waals surface area contributed by atoms with Crippen molar-refractivity contribution in [2.24, 2.45) is 0 Å². The first kappa shape index (κ1) is 14.4. The summed E-state index contributed by atoms with van der Waals surface area (Å²) >= 11 is 6.39. The molecule has 1 aliphatic carbocycles. The first-order valence-corrected chi connectivity index (χ1v) is 7.52. The third kappa shape index (κ3) is 3.55. The number of hydrogen-bond donors (Lipinski definition) is 1. The van der Waals surface area contributed by atoms with Crippen molar-refractivity contribution in [1.29, 1.82) is 0 Å². The fraction of sp³-hybridized carbons (Fsp3) is 0.294. The van der Waals surface area contributed by atoms with Crippen LogP contribution in [0.25, 0.3) is 0 Å². The summed E-state index contributed by atoms with van der Waals surface area (Å²) in [5, 5.41) is 4.18. The molecule has 3 rings (SSSR count). The van der Waals surface area contributed by atoms with Crippen LogP contribution in [-0.4, -0.2) is 13.1 Å². The van der Waals surface area contributed by atoms with Crippen LogP contribution in [0.15, 0.2) is 42.5 Å². The Balaban J connectivity index is 1.75. The van der Waals surface area contributed by atoms with Crippen molar-refractivity contribution in [2.45, 2.75) is 25.4 Å². The second kappa shape index (κ2) is 6.04. The summed E-state index contributed by atoms with van der Waals surface area (Å²) in [4.78, 5) is 1.96. The minimum absolute atomic E-state index is 0.236. The summed E-state index contributed by atoms with van der Waals surface area (Å²) in [6.45, 7) is 0.852. The minimum atomic E-state index is -0.236. The predicted molar refractivity (Wildman–Crippen MR) is 85.8 cm³/mol. The highest BCUT2D eigenvalue weighted by atomic mass is 35.5. The van der Waals surface area contributed by atoms with Crippen LogP contribution in [-0.2, 0) is 6.54 Å². The van der Waals surface area contributed by atoms with Gasteiger partial charge in [-0.1, -0.05) is 17.7 Å². The third-order valence-electron chi connectivity index (χ3n) is 3.76. The van der Waals surface area contributed by atoms with Crippen LogP contribution in [0.1, 0.15) is 18.4 Å². The molecular weight excluding hydrogens is 287 g/mol. The summed E-state index contributed by atoms with van der Waals surface area (Å²) in [6, 6.07) is 13.2. The van der Waals surface area contributed by atoms with Gasteiger partial charge >= 0.3 is 0 Å². The number of nitrogens with zero attached hydrogens (tertiary/aromatic N) is 1. The molecule has 110 valence electrons. The average Bonchev–Trinajstić information content (AvgIpc) is 3.29. The largest absolute Gasteiger partial charge is 0.343 e. The third-order valence-corrected chi connectivity index (χ3v) is 4.06. The summed E-state index contributed by atoms with van der Waals surface area (Å²) in [5.74, 6) is -0.236. The maximum atomic E-state index is 13.0. The zero-order chi connectivity index (χ0) is 14.8. The fourth-order valence-electron chi connectivity index (χ4n) is 2.29. The van der Waals surface area contributed by atoms with E-state index in [9.17, 15) is 4.39 Å². The van der Waals surface area contributed by atoms with E-state index in [0.717, 1.165) is 17.9 Å². The van der Waals surface area contributed by atoms with Crippen LogP contribution in [0, 0.1) is 5.82 Å². The molecule has 1 saturated carbocycles. The molecule has 0 bridgehead atoms. The van der Waals surface area contributed by atoms with Gasteiger partial charge in [0, 0.05) is 25.3 Å². The van der Waals surface area contributed by atoms with Gasteiger partial charge in [0.15, 0.2) is 0 Å². The van der Waals surface area contributed by atoms with Crippen molar-refractivity contribution >= 4 is 23.0 Å². The number of anilines is 2. The van der Waals surface area contributed by atoms with Gasteiger partial charge in [0.1, 0.15) is 5.82 Å². The lowest BCUT2D eigenvalue weighted by Gasteiger charge is -2.21. The van der Waals surface area contributed by atoms with Crippen molar-refractivity contribution in [3.63, 3.8) is 0 Å². The highest BCUT2D eigenvalue weighted by Gasteiger charge is 2.20. The second-order valence-corrected chi connectivity index (χ2v) is 5.88. The molecule has 21 heavy (non-hydrogen) atoms. The molecular formula is C17H18ClFN2. The molecule has 0 radical (unpaired) electrons. The van der Waals surface area contributed by atoms with Crippen LogP contribution in [0.5, 0.6) is 0 Å². The monoisotopic (exact) mass is 304 g/mol. The Bertz CT molecular complexity index is 623. The lowest BCUT2D eigenvalue weighted by atomic mass is 10.1. The lowest BCUT2D eigenvalue weighted by Crippen LogP contribution is -2.15. The molecule has 0 aliphatic heterocycles. The summed E-state index contributed by atoms with van der Waals surface area (Å²) < 4.78 is 13.0. The van der Waals surface area contributed by atoms with Gasteiger partial charge in [-0.2, -0.15) is 0 Å². The first-order chi connectivity index (χ1) is 10.1. The molecule has 0 unspecified atom stereocenters. The molecule has 0 amide bonds. The summed E-state index contributed by atoms with van der Waals surface area (Å²) in [6.07, 6.45) is 2.55. The molecule has 0 saturated heterocycles. The lowest BCUT2D eigenvalue weighted by molar-refractivity contribution is 0.628. The van der Waals surface area contributed by atoms with E-state index in [-0.39, 0.29) is 5.82 Å². The fourth-order valence-corrected chi connectivity index (χ4v) is 2.62. The smallest absolute Gasteiger partial charge is 0.123 e. The number of hydrogen-bond acceptors (Lipinski definition) is 2. The van der Waals surface area contributed by atoms with Crippen LogP contribution in [0.3, 0.4) is 0 Å². The van der Waals surface area contributed by atoms with Crippen molar-refractivity contribution in [2.75, 3.05) is 11.9 Å². The van der Waals surface area contributed by atoms with Gasteiger partial charge in [-0.25, -0.2) is 4.39 Å². The van der Waals surface area contributed by atoms with E-state index in [4.69, 9.17) is 11.6 Å². The number of nitrogens with one attached hydrogen (secondary N) is 1. The summed E-state index contributed by atoms with van der Waals surface area (Å²) in [5.41, 5.74) is 3.00. The summed E-state index contributed by atoms with van der Waals surface area (Å²) in [7, 11) is 1.93. The Morgan fingerprint density at radius 3 is 2.52 bits per heavy atom. The van der Waals surface area contributed by atoms with E-state index in [2.05, 4.69) is 11.4 Å².